The van der Waals surface area contributed by atoms with Gasteiger partial charge in [-0.25, -0.2) is 0 Å². The summed E-state index contributed by atoms with van der Waals surface area (Å²) in [7, 11) is 0. The first-order valence-corrected chi connectivity index (χ1v) is 6.79. The largest absolute Gasteiger partial charge is 0.0654 e. The molecule has 90 valence electrons. The minimum Gasteiger partial charge on any atom is -0.0654 e. The Morgan fingerprint density at radius 2 is 1.87 bits per heavy atom. The molecule has 0 spiro atoms. The van der Waals surface area contributed by atoms with Gasteiger partial charge in [0.25, 0.3) is 0 Å². The third kappa shape index (κ3) is 2.98. The Morgan fingerprint density at radius 1 is 1.27 bits per heavy atom. The van der Waals surface area contributed by atoms with Crippen molar-refractivity contribution in [2.24, 2.45) is 22.7 Å². The van der Waals surface area contributed by atoms with Gasteiger partial charge < -0.3 is 0 Å². The normalized spacial score (nSPS) is 28.0. The molecule has 1 fully saturated rings. The topological polar surface area (TPSA) is 0 Å². The van der Waals surface area contributed by atoms with Gasteiger partial charge >= 0.3 is 0 Å². The van der Waals surface area contributed by atoms with Gasteiger partial charge in [-0.15, -0.1) is 0 Å². The first-order valence-electron chi connectivity index (χ1n) is 6.79. The second-order valence-corrected chi connectivity index (χ2v) is 7.25. The zero-order valence-corrected chi connectivity index (χ0v) is 11.7. The third-order valence-electron chi connectivity index (χ3n) is 4.54. The van der Waals surface area contributed by atoms with Crippen molar-refractivity contribution in [1.29, 1.82) is 0 Å². The van der Waals surface area contributed by atoms with Crippen LogP contribution in [-0.4, -0.2) is 0 Å². The molecule has 0 aromatic carbocycles. The fourth-order valence-electron chi connectivity index (χ4n) is 3.65. The lowest BCUT2D eigenvalue weighted by Gasteiger charge is -2.42. The molecule has 0 heteroatoms. The maximum atomic E-state index is 2.49. The molecular formula is C15H30. The Balaban J connectivity index is 2.80. The van der Waals surface area contributed by atoms with Crippen molar-refractivity contribution in [3.63, 3.8) is 0 Å². The fraction of sp³-hybridized carbons (Fsp3) is 1.00. The molecule has 1 rings (SSSR count). The summed E-state index contributed by atoms with van der Waals surface area (Å²) in [5.41, 5.74) is 1.08. The average molecular weight is 210 g/mol. The van der Waals surface area contributed by atoms with E-state index in [0.29, 0.717) is 10.8 Å². The van der Waals surface area contributed by atoms with Crippen LogP contribution in [0.5, 0.6) is 0 Å². The molecule has 15 heavy (non-hydrogen) atoms. The molecule has 0 N–H and O–H groups in total. The average Bonchev–Trinajstić information content (AvgIpc) is 2.39. The van der Waals surface area contributed by atoms with Crippen LogP contribution < -0.4 is 0 Å². The molecule has 0 aromatic heterocycles. The molecule has 1 aliphatic rings. The van der Waals surface area contributed by atoms with Crippen LogP contribution in [0.2, 0.25) is 0 Å². The molecule has 1 aliphatic carbocycles. The molecule has 0 nitrogen and oxygen atoms in total. The molecule has 0 radical (unpaired) electrons. The molecule has 1 saturated carbocycles. The van der Waals surface area contributed by atoms with Crippen LogP contribution in [0.3, 0.4) is 0 Å². The van der Waals surface area contributed by atoms with Crippen LogP contribution in [0.4, 0.5) is 0 Å². The van der Waals surface area contributed by atoms with E-state index in [0.717, 1.165) is 11.8 Å². The molecule has 0 aromatic rings. The van der Waals surface area contributed by atoms with Crippen LogP contribution in [-0.2, 0) is 0 Å². The Labute approximate surface area is 96.8 Å². The van der Waals surface area contributed by atoms with Crippen LogP contribution in [0.1, 0.15) is 73.6 Å². The quantitative estimate of drug-likeness (QED) is 0.595. The van der Waals surface area contributed by atoms with Gasteiger partial charge in [0.15, 0.2) is 0 Å². The highest BCUT2D eigenvalue weighted by atomic mass is 14.5. The van der Waals surface area contributed by atoms with Crippen LogP contribution in [0.25, 0.3) is 0 Å². The van der Waals surface area contributed by atoms with Gasteiger partial charge in [-0.1, -0.05) is 54.4 Å². The Kier molecular flexibility index (Phi) is 3.90. The highest BCUT2D eigenvalue weighted by Gasteiger charge is 2.42. The first kappa shape index (κ1) is 13.1. The summed E-state index contributed by atoms with van der Waals surface area (Å²) in [6.45, 7) is 14.6. The lowest BCUT2D eigenvalue weighted by molar-refractivity contribution is 0.0765. The summed E-state index contributed by atoms with van der Waals surface area (Å²) in [6.07, 6.45) is 7.11. The molecular weight excluding hydrogens is 180 g/mol. The SMILES string of the molecule is CCCC(C1CCCC1(C)C)C(C)(C)C. The molecule has 0 aliphatic heterocycles. The molecule has 2 atom stereocenters. The monoisotopic (exact) mass is 210 g/mol. The summed E-state index contributed by atoms with van der Waals surface area (Å²) in [6, 6.07) is 0. The fourth-order valence-corrected chi connectivity index (χ4v) is 3.65. The summed E-state index contributed by atoms with van der Waals surface area (Å²) in [5, 5.41) is 0. The Hall–Kier alpha value is 0. The second kappa shape index (κ2) is 4.47. The van der Waals surface area contributed by atoms with Gasteiger partial charge in [0.1, 0.15) is 0 Å². The van der Waals surface area contributed by atoms with Gasteiger partial charge in [0, 0.05) is 0 Å². The summed E-state index contributed by atoms with van der Waals surface area (Å²) in [5.74, 6) is 1.87. The van der Waals surface area contributed by atoms with E-state index < -0.39 is 0 Å². The molecule has 0 heterocycles. The standard InChI is InChI=1S/C15H30/c1-7-9-12(14(2,3)4)13-10-8-11-15(13,5)6/h12-13H,7-11H2,1-6H3. The maximum absolute atomic E-state index is 2.49. The second-order valence-electron chi connectivity index (χ2n) is 7.25. The highest BCUT2D eigenvalue weighted by Crippen LogP contribution is 2.52. The lowest BCUT2D eigenvalue weighted by atomic mass is 9.64. The number of hydrogen-bond acceptors (Lipinski definition) is 0. The van der Waals surface area contributed by atoms with Crippen molar-refractivity contribution in [2.45, 2.75) is 73.6 Å². The number of hydrogen-bond donors (Lipinski definition) is 0. The van der Waals surface area contributed by atoms with Gasteiger partial charge in [-0.2, -0.15) is 0 Å². The van der Waals surface area contributed by atoms with Gasteiger partial charge in [-0.3, -0.25) is 0 Å². The van der Waals surface area contributed by atoms with E-state index in [4.69, 9.17) is 0 Å². The Morgan fingerprint density at radius 3 is 2.20 bits per heavy atom. The minimum absolute atomic E-state index is 0.488. The maximum Gasteiger partial charge on any atom is -0.0323 e. The third-order valence-corrected chi connectivity index (χ3v) is 4.54. The van der Waals surface area contributed by atoms with E-state index >= 15 is 0 Å². The van der Waals surface area contributed by atoms with Crippen molar-refractivity contribution in [1.82, 2.24) is 0 Å². The van der Waals surface area contributed by atoms with Gasteiger partial charge in [-0.05, 0) is 41.9 Å². The minimum atomic E-state index is 0.488. The lowest BCUT2D eigenvalue weighted by Crippen LogP contribution is -2.34. The predicted octanol–water partition coefficient (Wildman–Crippen LogP) is 5.28. The van der Waals surface area contributed by atoms with E-state index in [-0.39, 0.29) is 0 Å². The zero-order chi connectivity index (χ0) is 11.7. The summed E-state index contributed by atoms with van der Waals surface area (Å²) < 4.78 is 0. The van der Waals surface area contributed by atoms with Crippen molar-refractivity contribution >= 4 is 0 Å². The van der Waals surface area contributed by atoms with Crippen molar-refractivity contribution in [3.8, 4) is 0 Å². The predicted molar refractivity (Wildman–Crippen MR) is 69.0 cm³/mol. The smallest absolute Gasteiger partial charge is 0.0323 e. The summed E-state index contributed by atoms with van der Waals surface area (Å²) in [4.78, 5) is 0. The van der Waals surface area contributed by atoms with Crippen LogP contribution in [0.15, 0.2) is 0 Å². The van der Waals surface area contributed by atoms with Gasteiger partial charge in [0.05, 0.1) is 0 Å². The summed E-state index contributed by atoms with van der Waals surface area (Å²) >= 11 is 0. The van der Waals surface area contributed by atoms with Crippen molar-refractivity contribution in [3.05, 3.63) is 0 Å². The van der Waals surface area contributed by atoms with Crippen molar-refractivity contribution < 1.29 is 0 Å². The zero-order valence-electron chi connectivity index (χ0n) is 11.7. The van der Waals surface area contributed by atoms with Gasteiger partial charge in [0.2, 0.25) is 0 Å². The van der Waals surface area contributed by atoms with E-state index in [1.807, 2.05) is 0 Å². The molecule has 0 saturated heterocycles. The highest BCUT2D eigenvalue weighted by molar-refractivity contribution is 4.92. The molecule has 0 bridgehead atoms. The van der Waals surface area contributed by atoms with E-state index in [1.54, 1.807) is 0 Å². The van der Waals surface area contributed by atoms with E-state index in [2.05, 4.69) is 41.5 Å². The first-order chi connectivity index (χ1) is 6.79. The molecule has 2 unspecified atom stereocenters. The Bertz CT molecular complexity index is 195. The number of rotatable bonds is 3. The molecule has 0 amide bonds. The van der Waals surface area contributed by atoms with Crippen LogP contribution >= 0.6 is 0 Å². The van der Waals surface area contributed by atoms with E-state index in [1.165, 1.54) is 32.1 Å². The van der Waals surface area contributed by atoms with E-state index in [9.17, 15) is 0 Å². The van der Waals surface area contributed by atoms with Crippen LogP contribution in [0, 0.1) is 22.7 Å². The van der Waals surface area contributed by atoms with Crippen molar-refractivity contribution in [2.75, 3.05) is 0 Å².